The maximum atomic E-state index is 12.7. The molecule has 0 saturated heterocycles. The number of carbonyl (C=O) groups excluding carboxylic acids is 1. The quantitative estimate of drug-likeness (QED) is 0.686. The highest BCUT2D eigenvalue weighted by Gasteiger charge is 2.28. The Balaban J connectivity index is 1.77. The molecule has 2 heterocycles. The number of hydrogen-bond acceptors (Lipinski definition) is 4. The number of aryl methyl sites for hydroxylation is 1. The van der Waals surface area contributed by atoms with Crippen molar-refractivity contribution in [1.82, 2.24) is 20.1 Å². The van der Waals surface area contributed by atoms with Crippen molar-refractivity contribution in [3.05, 3.63) is 52.8 Å². The Bertz CT molecular complexity index is 1020. The van der Waals surface area contributed by atoms with Gasteiger partial charge in [0.1, 0.15) is 0 Å². The second-order valence-electron chi connectivity index (χ2n) is 6.13. The van der Waals surface area contributed by atoms with Crippen LogP contribution in [0.2, 0.25) is 5.02 Å². The van der Waals surface area contributed by atoms with E-state index in [1.165, 1.54) is 12.1 Å². The second-order valence-corrected chi connectivity index (χ2v) is 6.57. The fraction of sp³-hybridized carbons (Fsp3) is 0.278. The van der Waals surface area contributed by atoms with Crippen molar-refractivity contribution in [2.24, 2.45) is 7.05 Å². The first-order chi connectivity index (χ1) is 13.1. The van der Waals surface area contributed by atoms with Gasteiger partial charge in [-0.2, -0.15) is 18.3 Å². The minimum absolute atomic E-state index is 0.175. The lowest BCUT2D eigenvalue weighted by atomic mass is 10.1. The molecule has 1 N–H and O–H groups in total. The van der Waals surface area contributed by atoms with Gasteiger partial charge in [-0.1, -0.05) is 17.7 Å². The van der Waals surface area contributed by atoms with Gasteiger partial charge in [0.05, 0.1) is 17.3 Å². The summed E-state index contributed by atoms with van der Waals surface area (Å²) < 4.78 is 43.1. The number of halogens is 4. The van der Waals surface area contributed by atoms with Gasteiger partial charge < -0.3 is 10.1 Å². The van der Waals surface area contributed by atoms with Crippen molar-refractivity contribution in [1.29, 1.82) is 0 Å². The summed E-state index contributed by atoms with van der Waals surface area (Å²) in [6, 6.07) is 8.93. The Morgan fingerprint density at radius 2 is 2.07 bits per heavy atom. The molecular formula is C18H16ClF3N4O2. The number of nitrogens with zero attached hydrogens (tertiary/aromatic N) is 3. The summed E-state index contributed by atoms with van der Waals surface area (Å²) in [5.74, 6) is -0.630. The van der Waals surface area contributed by atoms with Crippen LogP contribution >= 0.6 is 11.6 Å². The second kappa shape index (κ2) is 7.67. The molecular weight excluding hydrogens is 397 g/mol. The average molecular weight is 413 g/mol. The van der Waals surface area contributed by atoms with E-state index < -0.39 is 24.7 Å². The van der Waals surface area contributed by atoms with Crippen molar-refractivity contribution in [2.75, 3.05) is 6.61 Å². The van der Waals surface area contributed by atoms with Crippen LogP contribution < -0.4 is 10.1 Å². The first-order valence-electron chi connectivity index (χ1n) is 8.23. The summed E-state index contributed by atoms with van der Waals surface area (Å²) in [5.41, 5.74) is 1.28. The van der Waals surface area contributed by atoms with Gasteiger partial charge in [0, 0.05) is 23.5 Å². The molecule has 0 radical (unpaired) electrons. The number of nitrogens with one attached hydrogen (secondary N) is 1. The fourth-order valence-corrected chi connectivity index (χ4v) is 2.82. The predicted octanol–water partition coefficient (Wildman–Crippen LogP) is 4.05. The van der Waals surface area contributed by atoms with Gasteiger partial charge in [-0.15, -0.1) is 0 Å². The monoisotopic (exact) mass is 412 g/mol. The molecule has 148 valence electrons. The Morgan fingerprint density at radius 1 is 1.32 bits per heavy atom. The van der Waals surface area contributed by atoms with E-state index in [4.69, 9.17) is 11.6 Å². The third kappa shape index (κ3) is 4.53. The minimum atomic E-state index is -4.46. The van der Waals surface area contributed by atoms with Crippen molar-refractivity contribution < 1.29 is 22.7 Å². The van der Waals surface area contributed by atoms with Crippen LogP contribution in [0.3, 0.4) is 0 Å². The van der Waals surface area contributed by atoms with Gasteiger partial charge in [-0.05, 0) is 31.2 Å². The zero-order valence-corrected chi connectivity index (χ0v) is 15.7. The number of hydrogen-bond donors (Lipinski definition) is 1. The molecule has 0 saturated carbocycles. The van der Waals surface area contributed by atoms with E-state index >= 15 is 0 Å². The van der Waals surface area contributed by atoms with Crippen molar-refractivity contribution in [2.45, 2.75) is 19.1 Å². The van der Waals surface area contributed by atoms with Gasteiger partial charge in [0.15, 0.2) is 12.3 Å². The number of benzene rings is 1. The van der Waals surface area contributed by atoms with Crippen molar-refractivity contribution >= 4 is 28.4 Å². The van der Waals surface area contributed by atoms with Crippen LogP contribution in [0.1, 0.15) is 29.1 Å². The van der Waals surface area contributed by atoms with Gasteiger partial charge >= 0.3 is 6.18 Å². The molecule has 0 bridgehead atoms. The fourth-order valence-electron chi connectivity index (χ4n) is 2.65. The smallest absolute Gasteiger partial charge is 0.422 e. The summed E-state index contributed by atoms with van der Waals surface area (Å²) >= 11 is 6.01. The normalized spacial score (nSPS) is 12.8. The van der Waals surface area contributed by atoms with E-state index in [-0.39, 0.29) is 11.6 Å². The van der Waals surface area contributed by atoms with Crippen LogP contribution in [0.4, 0.5) is 13.2 Å². The Kier molecular flexibility index (Phi) is 5.46. The molecule has 1 amide bonds. The van der Waals surface area contributed by atoms with Gasteiger partial charge in [0.2, 0.25) is 5.88 Å². The summed E-state index contributed by atoms with van der Waals surface area (Å²) in [5, 5.41) is 8.03. The Hall–Kier alpha value is -2.81. The molecule has 0 aliphatic heterocycles. The number of alkyl halides is 3. The Morgan fingerprint density at radius 3 is 2.79 bits per heavy atom. The molecule has 3 rings (SSSR count). The van der Waals surface area contributed by atoms with Crippen LogP contribution in [0.25, 0.3) is 10.9 Å². The average Bonchev–Trinajstić information content (AvgIpc) is 2.95. The van der Waals surface area contributed by atoms with E-state index in [9.17, 15) is 18.0 Å². The predicted molar refractivity (Wildman–Crippen MR) is 97.4 cm³/mol. The molecule has 10 heteroatoms. The lowest BCUT2D eigenvalue weighted by Gasteiger charge is -2.14. The molecule has 1 unspecified atom stereocenters. The van der Waals surface area contributed by atoms with Crippen molar-refractivity contribution in [3.63, 3.8) is 0 Å². The lowest BCUT2D eigenvalue weighted by Crippen LogP contribution is -2.28. The highest BCUT2D eigenvalue weighted by molar-refractivity contribution is 6.31. The molecule has 0 fully saturated rings. The SMILES string of the molecule is CC(NC(=O)c1nn(C)c2ccc(Cl)cc12)c1cccc(OCC(F)(F)F)n1. The third-order valence-corrected chi connectivity index (χ3v) is 4.18. The van der Waals surface area contributed by atoms with Crippen LogP contribution in [-0.4, -0.2) is 33.5 Å². The maximum Gasteiger partial charge on any atom is 0.422 e. The minimum Gasteiger partial charge on any atom is -0.468 e. The molecule has 1 atom stereocenters. The summed E-state index contributed by atoms with van der Waals surface area (Å²) in [4.78, 5) is 16.7. The molecule has 0 aliphatic carbocycles. The maximum absolute atomic E-state index is 12.7. The first-order valence-corrected chi connectivity index (χ1v) is 8.61. The number of amides is 1. The highest BCUT2D eigenvalue weighted by atomic mass is 35.5. The molecule has 6 nitrogen and oxygen atoms in total. The zero-order chi connectivity index (χ0) is 20.5. The largest absolute Gasteiger partial charge is 0.468 e. The number of fused-ring (bicyclic) bond motifs is 1. The third-order valence-electron chi connectivity index (χ3n) is 3.95. The van der Waals surface area contributed by atoms with Crippen molar-refractivity contribution in [3.8, 4) is 5.88 Å². The van der Waals surface area contributed by atoms with E-state index in [0.717, 1.165) is 5.52 Å². The molecule has 28 heavy (non-hydrogen) atoms. The Labute approximate surface area is 163 Å². The van der Waals surface area contributed by atoms with E-state index in [2.05, 4.69) is 20.1 Å². The number of pyridine rings is 1. The molecule has 0 aliphatic rings. The van der Waals surface area contributed by atoms with E-state index in [1.54, 1.807) is 42.9 Å². The van der Waals surface area contributed by atoms with Crippen LogP contribution in [0.5, 0.6) is 5.88 Å². The van der Waals surface area contributed by atoms with Crippen LogP contribution in [-0.2, 0) is 7.05 Å². The van der Waals surface area contributed by atoms with E-state index in [1.807, 2.05) is 0 Å². The highest BCUT2D eigenvalue weighted by Crippen LogP contribution is 2.23. The number of carbonyl (C=O) groups is 1. The molecule has 3 aromatic rings. The lowest BCUT2D eigenvalue weighted by molar-refractivity contribution is -0.154. The zero-order valence-electron chi connectivity index (χ0n) is 14.9. The number of aromatic nitrogens is 3. The number of rotatable bonds is 5. The van der Waals surface area contributed by atoms with Crippen LogP contribution in [0.15, 0.2) is 36.4 Å². The van der Waals surface area contributed by atoms with Crippen LogP contribution in [0, 0.1) is 0 Å². The van der Waals surface area contributed by atoms with Gasteiger partial charge in [0.25, 0.3) is 5.91 Å². The summed E-state index contributed by atoms with van der Waals surface area (Å²) in [6.45, 7) is 0.219. The topological polar surface area (TPSA) is 69.0 Å². The van der Waals surface area contributed by atoms with Gasteiger partial charge in [-0.25, -0.2) is 4.98 Å². The summed E-state index contributed by atoms with van der Waals surface area (Å²) in [6.07, 6.45) is -4.46. The molecule has 2 aromatic heterocycles. The molecule has 1 aromatic carbocycles. The summed E-state index contributed by atoms with van der Waals surface area (Å²) in [7, 11) is 1.71. The standard InChI is InChI=1S/C18H16ClF3N4O2/c1-10(13-4-3-5-15(24-13)28-9-18(20,21)22)23-17(27)16-12-8-11(19)6-7-14(12)26(2)25-16/h3-8,10H,9H2,1-2H3,(H,23,27). The first kappa shape index (κ1) is 19.9. The molecule has 0 spiro atoms. The van der Waals surface area contributed by atoms with Gasteiger partial charge in [-0.3, -0.25) is 9.48 Å². The number of ether oxygens (including phenoxy) is 1. The van der Waals surface area contributed by atoms with E-state index in [0.29, 0.717) is 16.1 Å².